The molecule has 2 amide bonds. The van der Waals surface area contributed by atoms with Crippen molar-refractivity contribution < 1.29 is 9.59 Å². The maximum absolute atomic E-state index is 11.9. The summed E-state index contributed by atoms with van der Waals surface area (Å²) in [6.45, 7) is 2.56. The van der Waals surface area contributed by atoms with Crippen molar-refractivity contribution >= 4 is 23.4 Å². The van der Waals surface area contributed by atoms with Gasteiger partial charge in [-0.25, -0.2) is 0 Å². The number of carbonyl (C=O) groups is 2. The Labute approximate surface area is 117 Å². The van der Waals surface area contributed by atoms with Crippen LogP contribution in [0.1, 0.15) is 30.1 Å². The summed E-state index contributed by atoms with van der Waals surface area (Å²) in [5.74, 6) is -0.139. The van der Waals surface area contributed by atoms with Crippen molar-refractivity contribution in [2.45, 2.75) is 25.8 Å². The van der Waals surface area contributed by atoms with Crippen LogP contribution in [0.25, 0.3) is 0 Å². The van der Waals surface area contributed by atoms with Gasteiger partial charge in [0.25, 0.3) is 5.91 Å². The molecule has 1 aromatic carbocycles. The second-order valence-corrected chi connectivity index (χ2v) is 5.09. The number of rotatable bonds is 5. The van der Waals surface area contributed by atoms with Gasteiger partial charge in [0.2, 0.25) is 5.91 Å². The number of carbonyl (C=O) groups excluding carboxylic acids is 2. The number of hydrogen-bond acceptors (Lipinski definition) is 2. The van der Waals surface area contributed by atoms with E-state index in [1.165, 1.54) is 0 Å². The number of hydrogen-bond donors (Lipinski definition) is 1. The van der Waals surface area contributed by atoms with Crippen molar-refractivity contribution in [2.24, 2.45) is 0 Å². The lowest BCUT2D eigenvalue weighted by atomic mass is 10.2. The van der Waals surface area contributed by atoms with Gasteiger partial charge < -0.3 is 10.2 Å². The number of nitrogens with zero attached hydrogens (tertiary/aromatic N) is 1. The van der Waals surface area contributed by atoms with Gasteiger partial charge in [-0.1, -0.05) is 23.7 Å². The first kappa shape index (κ1) is 13.9. The molecule has 19 heavy (non-hydrogen) atoms. The van der Waals surface area contributed by atoms with E-state index in [2.05, 4.69) is 5.32 Å². The molecular formula is C14H17ClN2O2. The minimum absolute atomic E-state index is 0.0643. The molecule has 1 aromatic rings. The molecule has 0 unspecified atom stereocenters. The van der Waals surface area contributed by atoms with Crippen LogP contribution in [-0.4, -0.2) is 35.8 Å². The van der Waals surface area contributed by atoms with E-state index in [0.717, 1.165) is 12.8 Å². The third-order valence-corrected chi connectivity index (χ3v) is 3.48. The molecule has 1 aliphatic carbocycles. The molecule has 0 heterocycles. The third-order valence-electron chi connectivity index (χ3n) is 3.15. The quantitative estimate of drug-likeness (QED) is 0.898. The average Bonchev–Trinajstić information content (AvgIpc) is 3.18. The van der Waals surface area contributed by atoms with Gasteiger partial charge in [0.05, 0.1) is 10.6 Å². The maximum Gasteiger partial charge on any atom is 0.252 e. The zero-order valence-electron chi connectivity index (χ0n) is 10.9. The molecule has 0 bridgehead atoms. The minimum atomic E-state index is -0.204. The lowest BCUT2D eigenvalue weighted by molar-refractivity contribution is -0.129. The largest absolute Gasteiger partial charge is 0.350 e. The van der Waals surface area contributed by atoms with Gasteiger partial charge in [-0.15, -0.1) is 0 Å². The molecule has 0 spiro atoms. The molecule has 0 aliphatic heterocycles. The Morgan fingerprint density at radius 1 is 1.37 bits per heavy atom. The van der Waals surface area contributed by atoms with E-state index in [4.69, 9.17) is 11.6 Å². The standard InChI is InChI=1S/C14H17ClN2O2/c1-10(18)17(11-6-7-11)9-8-16-14(19)12-4-2-3-5-13(12)15/h2-5,11H,6-9H2,1H3,(H,16,19). The summed E-state index contributed by atoms with van der Waals surface area (Å²) in [6.07, 6.45) is 2.13. The Balaban J connectivity index is 1.84. The second kappa shape index (κ2) is 6.06. The molecule has 0 aromatic heterocycles. The Hall–Kier alpha value is -1.55. The van der Waals surface area contributed by atoms with Crippen molar-refractivity contribution in [1.29, 1.82) is 0 Å². The molecule has 4 nitrogen and oxygen atoms in total. The fourth-order valence-corrected chi connectivity index (χ4v) is 2.24. The Morgan fingerprint density at radius 3 is 2.63 bits per heavy atom. The molecule has 0 radical (unpaired) electrons. The lowest BCUT2D eigenvalue weighted by Crippen LogP contribution is -2.38. The zero-order valence-corrected chi connectivity index (χ0v) is 11.6. The van der Waals surface area contributed by atoms with Gasteiger partial charge in [0.1, 0.15) is 0 Å². The second-order valence-electron chi connectivity index (χ2n) is 4.68. The number of nitrogens with one attached hydrogen (secondary N) is 1. The fraction of sp³-hybridized carbons (Fsp3) is 0.429. The molecule has 0 atom stereocenters. The van der Waals surface area contributed by atoms with Gasteiger partial charge in [0, 0.05) is 26.1 Å². The molecule has 102 valence electrons. The summed E-state index contributed by atoms with van der Waals surface area (Å²) in [5, 5.41) is 3.23. The smallest absolute Gasteiger partial charge is 0.252 e. The predicted octanol–water partition coefficient (Wildman–Crippen LogP) is 2.08. The highest BCUT2D eigenvalue weighted by atomic mass is 35.5. The molecule has 1 aliphatic rings. The van der Waals surface area contributed by atoms with Crippen LogP contribution in [0.2, 0.25) is 5.02 Å². The summed E-state index contributed by atoms with van der Waals surface area (Å²) in [4.78, 5) is 25.1. The van der Waals surface area contributed by atoms with Crippen molar-refractivity contribution in [3.8, 4) is 0 Å². The lowest BCUT2D eigenvalue weighted by Gasteiger charge is -2.20. The summed E-state index contributed by atoms with van der Waals surface area (Å²) in [6, 6.07) is 7.29. The first-order valence-corrected chi connectivity index (χ1v) is 6.77. The highest BCUT2D eigenvalue weighted by Crippen LogP contribution is 2.26. The zero-order chi connectivity index (χ0) is 13.8. The van der Waals surface area contributed by atoms with Crippen LogP contribution in [0.5, 0.6) is 0 Å². The highest BCUT2D eigenvalue weighted by Gasteiger charge is 2.30. The molecule has 5 heteroatoms. The Bertz CT molecular complexity index is 486. The minimum Gasteiger partial charge on any atom is -0.350 e. The fourth-order valence-electron chi connectivity index (χ4n) is 2.01. The number of benzene rings is 1. The van der Waals surface area contributed by atoms with E-state index in [9.17, 15) is 9.59 Å². The number of amides is 2. The van der Waals surface area contributed by atoms with Gasteiger partial charge in [-0.3, -0.25) is 9.59 Å². The highest BCUT2D eigenvalue weighted by molar-refractivity contribution is 6.33. The monoisotopic (exact) mass is 280 g/mol. The van der Waals surface area contributed by atoms with Gasteiger partial charge in [0.15, 0.2) is 0 Å². The Morgan fingerprint density at radius 2 is 2.05 bits per heavy atom. The van der Waals surface area contributed by atoms with Crippen molar-refractivity contribution in [2.75, 3.05) is 13.1 Å². The maximum atomic E-state index is 11.9. The molecular weight excluding hydrogens is 264 g/mol. The van der Waals surface area contributed by atoms with Crippen LogP contribution in [-0.2, 0) is 4.79 Å². The van der Waals surface area contributed by atoms with Crippen LogP contribution >= 0.6 is 11.6 Å². The molecule has 1 N–H and O–H groups in total. The van der Waals surface area contributed by atoms with Gasteiger partial charge >= 0.3 is 0 Å². The van der Waals surface area contributed by atoms with E-state index in [1.807, 2.05) is 4.90 Å². The first-order chi connectivity index (χ1) is 9.09. The summed E-state index contributed by atoms with van der Waals surface area (Å²) >= 11 is 5.95. The van der Waals surface area contributed by atoms with Crippen LogP contribution in [0.3, 0.4) is 0 Å². The first-order valence-electron chi connectivity index (χ1n) is 6.39. The van der Waals surface area contributed by atoms with Crippen molar-refractivity contribution in [3.05, 3.63) is 34.9 Å². The van der Waals surface area contributed by atoms with Crippen LogP contribution in [0, 0.1) is 0 Å². The summed E-state index contributed by atoms with van der Waals surface area (Å²) in [7, 11) is 0. The van der Waals surface area contributed by atoms with Crippen molar-refractivity contribution in [1.82, 2.24) is 10.2 Å². The van der Waals surface area contributed by atoms with E-state index in [-0.39, 0.29) is 11.8 Å². The van der Waals surface area contributed by atoms with Gasteiger partial charge in [-0.2, -0.15) is 0 Å². The topological polar surface area (TPSA) is 49.4 Å². The summed E-state index contributed by atoms with van der Waals surface area (Å²) in [5.41, 5.74) is 0.463. The van der Waals surface area contributed by atoms with Gasteiger partial charge in [-0.05, 0) is 25.0 Å². The molecule has 0 saturated heterocycles. The van der Waals surface area contributed by atoms with E-state index in [0.29, 0.717) is 29.7 Å². The van der Waals surface area contributed by atoms with E-state index < -0.39 is 0 Å². The summed E-state index contributed by atoms with van der Waals surface area (Å²) < 4.78 is 0. The normalized spacial score (nSPS) is 14.0. The SMILES string of the molecule is CC(=O)N(CCNC(=O)c1ccccc1Cl)C1CC1. The molecule has 2 rings (SSSR count). The average molecular weight is 281 g/mol. The number of halogens is 1. The third kappa shape index (κ3) is 3.70. The molecule has 1 fully saturated rings. The predicted molar refractivity (Wildman–Crippen MR) is 74.2 cm³/mol. The Kier molecular flexibility index (Phi) is 4.43. The van der Waals surface area contributed by atoms with Crippen LogP contribution in [0.15, 0.2) is 24.3 Å². The van der Waals surface area contributed by atoms with E-state index >= 15 is 0 Å². The van der Waals surface area contributed by atoms with E-state index in [1.54, 1.807) is 31.2 Å². The molecule has 1 saturated carbocycles. The van der Waals surface area contributed by atoms with Crippen LogP contribution < -0.4 is 5.32 Å². The van der Waals surface area contributed by atoms with Crippen molar-refractivity contribution in [3.63, 3.8) is 0 Å². The van der Waals surface area contributed by atoms with Crippen LogP contribution in [0.4, 0.5) is 0 Å².